The average molecular weight is 142 g/mol. The molecule has 1 fully saturated rings. The molecule has 2 nitrogen and oxygen atoms in total. The molecule has 1 rings (SSSR count). The van der Waals surface area contributed by atoms with Crippen molar-refractivity contribution in [2.75, 3.05) is 19.6 Å². The van der Waals surface area contributed by atoms with Gasteiger partial charge in [0.25, 0.3) is 0 Å². The first-order valence-electron chi connectivity index (χ1n) is 4.15. The summed E-state index contributed by atoms with van der Waals surface area (Å²) < 4.78 is 0.733. The van der Waals surface area contributed by atoms with E-state index < -0.39 is 0 Å². The first kappa shape index (κ1) is 7.73. The van der Waals surface area contributed by atoms with Gasteiger partial charge in [-0.3, -0.25) is 4.48 Å². The van der Waals surface area contributed by atoms with Crippen molar-refractivity contribution < 1.29 is 9.28 Å². The molecule has 1 saturated heterocycles. The Morgan fingerprint density at radius 2 is 2.00 bits per heavy atom. The molecule has 0 aromatic rings. The van der Waals surface area contributed by atoms with Gasteiger partial charge in [-0.2, -0.15) is 0 Å². The Hall–Kier alpha value is -0.370. The second-order valence-electron chi connectivity index (χ2n) is 3.20. The van der Waals surface area contributed by atoms with Crippen LogP contribution in [0.15, 0.2) is 0 Å². The highest BCUT2D eigenvalue weighted by molar-refractivity contribution is 5.37. The van der Waals surface area contributed by atoms with Crippen molar-refractivity contribution in [3.05, 3.63) is 0 Å². The minimum absolute atomic E-state index is 0.733. The van der Waals surface area contributed by atoms with Gasteiger partial charge in [0.1, 0.15) is 0 Å². The van der Waals surface area contributed by atoms with Gasteiger partial charge in [0, 0.05) is 12.8 Å². The molecule has 0 unspecified atom stereocenters. The van der Waals surface area contributed by atoms with Gasteiger partial charge in [0.05, 0.1) is 19.6 Å². The van der Waals surface area contributed by atoms with Gasteiger partial charge < -0.3 is 0 Å². The van der Waals surface area contributed by atoms with E-state index in [1.807, 2.05) is 0 Å². The fourth-order valence-corrected chi connectivity index (χ4v) is 1.79. The predicted molar refractivity (Wildman–Crippen MR) is 40.5 cm³/mol. The second-order valence-corrected chi connectivity index (χ2v) is 3.20. The van der Waals surface area contributed by atoms with E-state index in [1.54, 1.807) is 0 Å². The molecule has 0 aromatic heterocycles. The highest BCUT2D eigenvalue weighted by Gasteiger charge is 2.30. The first-order chi connectivity index (χ1) is 4.83. The van der Waals surface area contributed by atoms with Crippen LogP contribution in [0.25, 0.3) is 0 Å². The largest absolute Gasteiger partial charge is 0.301 e. The molecular formula is C8H16NO+. The maximum atomic E-state index is 10.7. The van der Waals surface area contributed by atoms with Crippen molar-refractivity contribution in [1.82, 2.24) is 0 Å². The van der Waals surface area contributed by atoms with E-state index in [0.29, 0.717) is 0 Å². The van der Waals surface area contributed by atoms with Crippen LogP contribution in [0.1, 0.15) is 26.2 Å². The lowest BCUT2D eigenvalue weighted by Crippen LogP contribution is -2.44. The Morgan fingerprint density at radius 3 is 2.40 bits per heavy atom. The highest BCUT2D eigenvalue weighted by Crippen LogP contribution is 2.16. The number of amides is 1. The number of likely N-dealkylation sites (tertiary alicyclic amines) is 1. The molecule has 58 valence electrons. The number of quaternary nitrogens is 1. The van der Waals surface area contributed by atoms with E-state index in [2.05, 4.69) is 6.92 Å². The number of carbonyl (C=O) groups is 1. The molecule has 1 aliphatic heterocycles. The molecule has 1 heterocycles. The molecule has 1 aliphatic rings. The predicted octanol–water partition coefficient (Wildman–Crippen LogP) is 1.16. The van der Waals surface area contributed by atoms with Crippen LogP contribution in [-0.2, 0) is 4.79 Å². The third kappa shape index (κ3) is 1.37. The first-order valence-corrected chi connectivity index (χ1v) is 4.15. The van der Waals surface area contributed by atoms with Crippen molar-refractivity contribution >= 4 is 6.41 Å². The van der Waals surface area contributed by atoms with Crippen LogP contribution in [0.3, 0.4) is 0 Å². The molecule has 0 aromatic carbocycles. The molecule has 0 radical (unpaired) electrons. The van der Waals surface area contributed by atoms with Crippen LogP contribution in [0.2, 0.25) is 0 Å². The summed E-state index contributed by atoms with van der Waals surface area (Å²) in [6.07, 6.45) is 4.73. The molecule has 2 heteroatoms. The lowest BCUT2D eigenvalue weighted by atomic mass is 10.4. The minimum atomic E-state index is 0.733. The van der Waals surface area contributed by atoms with Crippen LogP contribution < -0.4 is 0 Å². The van der Waals surface area contributed by atoms with Crippen LogP contribution in [0.5, 0.6) is 0 Å². The number of hydrogen-bond acceptors (Lipinski definition) is 1. The fourth-order valence-electron chi connectivity index (χ4n) is 1.79. The Bertz CT molecular complexity index is 116. The van der Waals surface area contributed by atoms with Gasteiger partial charge in [-0.05, 0) is 6.42 Å². The van der Waals surface area contributed by atoms with Gasteiger partial charge >= 0.3 is 6.41 Å². The van der Waals surface area contributed by atoms with Crippen LogP contribution in [0, 0.1) is 0 Å². The lowest BCUT2D eigenvalue weighted by molar-refractivity contribution is -0.833. The van der Waals surface area contributed by atoms with Gasteiger partial charge in [-0.1, -0.05) is 6.92 Å². The van der Waals surface area contributed by atoms with Crippen molar-refractivity contribution in [1.29, 1.82) is 0 Å². The number of rotatable bonds is 3. The molecule has 0 atom stereocenters. The SMILES string of the molecule is CCC[N+]1(C=O)CCCC1. The molecule has 0 spiro atoms. The monoisotopic (exact) mass is 142 g/mol. The summed E-state index contributed by atoms with van der Waals surface area (Å²) in [4.78, 5) is 10.7. The zero-order chi connectivity index (χ0) is 7.45. The van der Waals surface area contributed by atoms with E-state index in [9.17, 15) is 4.79 Å². The molecule has 1 amide bonds. The Balaban J connectivity index is 2.49. The summed E-state index contributed by atoms with van der Waals surface area (Å²) in [7, 11) is 0. The van der Waals surface area contributed by atoms with Gasteiger partial charge in [0.2, 0.25) is 0 Å². The maximum Gasteiger partial charge on any atom is 0.301 e. The van der Waals surface area contributed by atoms with Gasteiger partial charge in [0.15, 0.2) is 0 Å². The molecule has 0 saturated carbocycles. The Labute approximate surface area is 62.4 Å². The van der Waals surface area contributed by atoms with E-state index >= 15 is 0 Å². The quantitative estimate of drug-likeness (QED) is 0.427. The van der Waals surface area contributed by atoms with Gasteiger partial charge in [-0.25, -0.2) is 4.79 Å². The molecule has 0 bridgehead atoms. The zero-order valence-electron chi connectivity index (χ0n) is 6.68. The average Bonchev–Trinajstić information content (AvgIpc) is 2.39. The van der Waals surface area contributed by atoms with Crippen LogP contribution in [-0.4, -0.2) is 30.5 Å². The highest BCUT2D eigenvalue weighted by atomic mass is 16.1. The lowest BCUT2D eigenvalue weighted by Gasteiger charge is -2.25. The molecule has 10 heavy (non-hydrogen) atoms. The van der Waals surface area contributed by atoms with Gasteiger partial charge in [-0.15, -0.1) is 0 Å². The zero-order valence-corrected chi connectivity index (χ0v) is 6.68. The van der Waals surface area contributed by atoms with E-state index in [-0.39, 0.29) is 0 Å². The third-order valence-corrected chi connectivity index (χ3v) is 2.35. The summed E-state index contributed by atoms with van der Waals surface area (Å²) in [5.74, 6) is 0. The summed E-state index contributed by atoms with van der Waals surface area (Å²) >= 11 is 0. The van der Waals surface area contributed by atoms with Crippen molar-refractivity contribution in [3.63, 3.8) is 0 Å². The standard InChI is InChI=1S/C8H16NO/c1-2-5-9(8-10)6-3-4-7-9/h8H,2-7H2,1H3/q+1. The second kappa shape index (κ2) is 3.15. The van der Waals surface area contributed by atoms with E-state index in [0.717, 1.165) is 36.9 Å². The molecule has 0 aliphatic carbocycles. The van der Waals surface area contributed by atoms with Crippen molar-refractivity contribution in [3.8, 4) is 0 Å². The smallest absolute Gasteiger partial charge is 0.263 e. The summed E-state index contributed by atoms with van der Waals surface area (Å²) in [6, 6.07) is 0. The summed E-state index contributed by atoms with van der Waals surface area (Å²) in [5, 5.41) is 0. The van der Waals surface area contributed by atoms with Crippen molar-refractivity contribution in [2.24, 2.45) is 0 Å². The minimum Gasteiger partial charge on any atom is -0.263 e. The van der Waals surface area contributed by atoms with Crippen LogP contribution in [0.4, 0.5) is 0 Å². The topological polar surface area (TPSA) is 17.1 Å². The number of nitrogens with zero attached hydrogens (tertiary/aromatic N) is 1. The van der Waals surface area contributed by atoms with E-state index in [4.69, 9.17) is 0 Å². The summed E-state index contributed by atoms with van der Waals surface area (Å²) in [5.41, 5.74) is 0. The van der Waals surface area contributed by atoms with Crippen LogP contribution >= 0.6 is 0 Å². The normalized spacial score (nSPS) is 22.9. The van der Waals surface area contributed by atoms with E-state index in [1.165, 1.54) is 12.8 Å². The molecule has 0 N–H and O–H groups in total. The maximum absolute atomic E-state index is 10.7. The summed E-state index contributed by atoms with van der Waals surface area (Å²) in [6.45, 7) is 5.35. The number of hydrogen-bond donors (Lipinski definition) is 0. The number of carbonyl (C=O) groups excluding carboxylic acids is 1. The van der Waals surface area contributed by atoms with Crippen molar-refractivity contribution in [2.45, 2.75) is 26.2 Å². The fraction of sp³-hybridized carbons (Fsp3) is 0.875. The third-order valence-electron chi connectivity index (χ3n) is 2.35. The Kier molecular flexibility index (Phi) is 2.44. The molecular weight excluding hydrogens is 126 g/mol. The Morgan fingerprint density at radius 1 is 1.40 bits per heavy atom.